The van der Waals surface area contributed by atoms with Crippen LogP contribution < -0.4 is 14.9 Å². The Bertz CT molecular complexity index is 1400. The normalized spacial score (nSPS) is 11.3. The summed E-state index contributed by atoms with van der Waals surface area (Å²) in [6, 6.07) is 15.4. The molecule has 0 bridgehead atoms. The van der Waals surface area contributed by atoms with Crippen LogP contribution in [0.2, 0.25) is 0 Å². The van der Waals surface area contributed by atoms with Crippen molar-refractivity contribution in [1.82, 2.24) is 15.0 Å². The van der Waals surface area contributed by atoms with Gasteiger partial charge in [0, 0.05) is 48.7 Å². The Morgan fingerprint density at radius 3 is 2.14 bits per heavy atom. The first-order valence-corrected chi connectivity index (χ1v) is 12.8. The van der Waals surface area contributed by atoms with Gasteiger partial charge in [0.15, 0.2) is 5.89 Å². The molecule has 0 fully saturated rings. The van der Waals surface area contributed by atoms with Crippen LogP contribution >= 0.6 is 0 Å². The second kappa shape index (κ2) is 10.1. The largest absolute Gasteiger partial charge is 0.449 e. The van der Waals surface area contributed by atoms with E-state index in [0.717, 1.165) is 35.9 Å². The number of oxazole rings is 1. The van der Waals surface area contributed by atoms with E-state index in [2.05, 4.69) is 43.7 Å². The summed E-state index contributed by atoms with van der Waals surface area (Å²) in [5.74, 6) is 1.90. The SMILES string of the molecule is CCN(CC)c1cc(C)nc(Nc2ccc(NS(=O)(=O)c3ccc(-c4coc(C)n4)cc3)cc2)n1. The molecule has 0 amide bonds. The van der Waals surface area contributed by atoms with E-state index < -0.39 is 10.0 Å². The number of nitrogens with zero attached hydrogens (tertiary/aromatic N) is 4. The van der Waals surface area contributed by atoms with Gasteiger partial charge in [-0.3, -0.25) is 4.72 Å². The predicted octanol–water partition coefficient (Wildman–Crippen LogP) is 5.14. The van der Waals surface area contributed by atoms with Crippen LogP contribution in [0.5, 0.6) is 0 Å². The van der Waals surface area contributed by atoms with Crippen molar-refractivity contribution in [3.63, 3.8) is 0 Å². The molecule has 182 valence electrons. The van der Waals surface area contributed by atoms with Gasteiger partial charge in [0.2, 0.25) is 5.95 Å². The van der Waals surface area contributed by atoms with Crippen LogP contribution in [-0.4, -0.2) is 36.5 Å². The van der Waals surface area contributed by atoms with Gasteiger partial charge in [-0.15, -0.1) is 0 Å². The Morgan fingerprint density at radius 2 is 1.54 bits per heavy atom. The fourth-order valence-corrected chi connectivity index (χ4v) is 4.64. The third-order valence-electron chi connectivity index (χ3n) is 5.40. The average molecular weight is 493 g/mol. The molecule has 2 N–H and O–H groups in total. The highest BCUT2D eigenvalue weighted by atomic mass is 32.2. The van der Waals surface area contributed by atoms with E-state index in [4.69, 9.17) is 4.42 Å². The molecular formula is C25H28N6O3S. The van der Waals surface area contributed by atoms with Crippen LogP contribution in [-0.2, 0) is 10.0 Å². The summed E-state index contributed by atoms with van der Waals surface area (Å²) >= 11 is 0. The number of rotatable bonds is 9. The highest BCUT2D eigenvalue weighted by Gasteiger charge is 2.15. The van der Waals surface area contributed by atoms with Gasteiger partial charge in [0.25, 0.3) is 10.0 Å². The Hall–Kier alpha value is -3.92. The van der Waals surface area contributed by atoms with Gasteiger partial charge in [-0.1, -0.05) is 12.1 Å². The van der Waals surface area contributed by atoms with Crippen molar-refractivity contribution in [2.75, 3.05) is 28.0 Å². The van der Waals surface area contributed by atoms with E-state index in [1.54, 1.807) is 61.7 Å². The molecular weight excluding hydrogens is 464 g/mol. The zero-order valence-electron chi connectivity index (χ0n) is 20.1. The summed E-state index contributed by atoms with van der Waals surface area (Å²) in [6.07, 6.45) is 1.54. The molecule has 35 heavy (non-hydrogen) atoms. The Morgan fingerprint density at radius 1 is 0.886 bits per heavy atom. The molecule has 0 unspecified atom stereocenters. The number of anilines is 4. The maximum atomic E-state index is 12.8. The highest BCUT2D eigenvalue weighted by Crippen LogP contribution is 2.24. The number of aromatic nitrogens is 3. The fraction of sp³-hybridized carbons (Fsp3) is 0.240. The number of benzene rings is 2. The van der Waals surface area contributed by atoms with E-state index >= 15 is 0 Å². The van der Waals surface area contributed by atoms with Gasteiger partial charge in [-0.2, -0.15) is 4.98 Å². The molecule has 0 aliphatic rings. The van der Waals surface area contributed by atoms with Gasteiger partial charge >= 0.3 is 0 Å². The quantitative estimate of drug-likeness (QED) is 0.330. The van der Waals surface area contributed by atoms with Gasteiger partial charge in [-0.25, -0.2) is 18.4 Å². The summed E-state index contributed by atoms with van der Waals surface area (Å²) < 4.78 is 33.5. The zero-order valence-corrected chi connectivity index (χ0v) is 20.9. The van der Waals surface area contributed by atoms with Crippen LogP contribution in [0.15, 0.2) is 70.2 Å². The minimum atomic E-state index is -3.75. The number of sulfonamides is 1. The van der Waals surface area contributed by atoms with Crippen molar-refractivity contribution in [3.05, 3.63) is 72.4 Å². The maximum absolute atomic E-state index is 12.8. The van der Waals surface area contributed by atoms with Crippen LogP contribution in [0.25, 0.3) is 11.3 Å². The third-order valence-corrected chi connectivity index (χ3v) is 6.80. The minimum Gasteiger partial charge on any atom is -0.449 e. The van der Waals surface area contributed by atoms with Crippen LogP contribution in [0.1, 0.15) is 25.4 Å². The second-order valence-electron chi connectivity index (χ2n) is 7.95. The topological polar surface area (TPSA) is 113 Å². The third kappa shape index (κ3) is 5.78. The van der Waals surface area contributed by atoms with Gasteiger partial charge in [0.1, 0.15) is 17.8 Å². The molecule has 0 aliphatic carbocycles. The Labute approximate surface area is 205 Å². The predicted molar refractivity (Wildman–Crippen MR) is 138 cm³/mol. The number of hydrogen-bond acceptors (Lipinski definition) is 8. The molecule has 4 aromatic rings. The van der Waals surface area contributed by atoms with E-state index in [1.807, 2.05) is 13.0 Å². The molecule has 0 saturated carbocycles. The summed E-state index contributed by atoms with van der Waals surface area (Å²) in [6.45, 7) is 9.55. The summed E-state index contributed by atoms with van der Waals surface area (Å²) in [4.78, 5) is 15.6. The van der Waals surface area contributed by atoms with E-state index in [1.165, 1.54) is 0 Å². The molecule has 0 radical (unpaired) electrons. The fourth-order valence-electron chi connectivity index (χ4n) is 3.58. The molecule has 2 heterocycles. The highest BCUT2D eigenvalue weighted by molar-refractivity contribution is 7.92. The van der Waals surface area contributed by atoms with Crippen molar-refractivity contribution in [2.24, 2.45) is 0 Å². The first-order valence-electron chi connectivity index (χ1n) is 11.3. The van der Waals surface area contributed by atoms with Crippen molar-refractivity contribution in [1.29, 1.82) is 0 Å². The summed E-state index contributed by atoms with van der Waals surface area (Å²) in [7, 11) is -3.75. The molecule has 10 heteroatoms. The van der Waals surface area contributed by atoms with Crippen molar-refractivity contribution in [3.8, 4) is 11.3 Å². The van der Waals surface area contributed by atoms with Gasteiger partial charge < -0.3 is 14.6 Å². The van der Waals surface area contributed by atoms with E-state index in [-0.39, 0.29) is 4.90 Å². The molecule has 0 saturated heterocycles. The number of hydrogen-bond donors (Lipinski definition) is 2. The maximum Gasteiger partial charge on any atom is 0.261 e. The molecule has 4 rings (SSSR count). The van der Waals surface area contributed by atoms with E-state index in [9.17, 15) is 8.42 Å². The van der Waals surface area contributed by atoms with Crippen LogP contribution in [0, 0.1) is 13.8 Å². The second-order valence-corrected chi connectivity index (χ2v) is 9.63. The lowest BCUT2D eigenvalue weighted by molar-refractivity contribution is 0.521. The van der Waals surface area contributed by atoms with Crippen molar-refractivity contribution < 1.29 is 12.8 Å². The molecule has 0 aliphatic heterocycles. The minimum absolute atomic E-state index is 0.153. The summed E-state index contributed by atoms with van der Waals surface area (Å²) in [5.41, 5.74) is 3.48. The lowest BCUT2D eigenvalue weighted by Gasteiger charge is -2.20. The van der Waals surface area contributed by atoms with Gasteiger partial charge in [0.05, 0.1) is 4.90 Å². The first-order chi connectivity index (χ1) is 16.8. The van der Waals surface area contributed by atoms with Crippen molar-refractivity contribution >= 4 is 33.2 Å². The number of aryl methyl sites for hydroxylation is 2. The van der Waals surface area contributed by atoms with Crippen molar-refractivity contribution in [2.45, 2.75) is 32.6 Å². The zero-order chi connectivity index (χ0) is 25.0. The average Bonchev–Trinajstić information content (AvgIpc) is 3.27. The standard InChI is InChI=1S/C25H28N6O3S/c1-5-31(6-2)24-15-17(3)26-25(29-24)28-20-9-11-21(12-10-20)30-35(32,33)22-13-7-19(8-14-22)23-16-34-18(4)27-23/h7-16,30H,5-6H2,1-4H3,(H,26,28,29). The van der Waals surface area contributed by atoms with E-state index in [0.29, 0.717) is 23.2 Å². The Kier molecular flexibility index (Phi) is 7.02. The summed E-state index contributed by atoms with van der Waals surface area (Å²) in [5, 5.41) is 3.19. The molecule has 2 aromatic heterocycles. The Balaban J connectivity index is 1.45. The lowest BCUT2D eigenvalue weighted by atomic mass is 10.2. The molecule has 0 atom stereocenters. The lowest BCUT2D eigenvalue weighted by Crippen LogP contribution is -2.23. The van der Waals surface area contributed by atoms with Gasteiger partial charge in [-0.05, 0) is 57.2 Å². The molecule has 0 spiro atoms. The van der Waals surface area contributed by atoms with Crippen LogP contribution in [0.4, 0.5) is 23.1 Å². The van der Waals surface area contributed by atoms with Crippen LogP contribution in [0.3, 0.4) is 0 Å². The first kappa shape index (κ1) is 24.2. The molecule has 2 aromatic carbocycles. The number of nitrogens with one attached hydrogen (secondary N) is 2. The monoisotopic (exact) mass is 492 g/mol. The molecule has 9 nitrogen and oxygen atoms in total. The smallest absolute Gasteiger partial charge is 0.261 e.